The van der Waals surface area contributed by atoms with Gasteiger partial charge in [-0.25, -0.2) is 0 Å². The molecular formula is C17H29N3O. The van der Waals surface area contributed by atoms with Gasteiger partial charge in [0, 0.05) is 17.9 Å². The second-order valence-electron chi connectivity index (χ2n) is 5.58. The Kier molecular flexibility index (Phi) is 8.32. The standard InChI is InChI=1S/C17H29N3O/c1-2-3-4-5-6-7-8-9-12-20-17(21)15-11-10-14(18)13-16(15)19/h10-11,13H,2-9,12,18-19H2,1H3,(H,20,21). The number of carbonyl (C=O) groups is 1. The molecular weight excluding hydrogens is 262 g/mol. The molecule has 1 aromatic carbocycles. The summed E-state index contributed by atoms with van der Waals surface area (Å²) in [7, 11) is 0. The minimum Gasteiger partial charge on any atom is -0.399 e. The number of anilines is 2. The number of unbranched alkanes of at least 4 members (excludes halogenated alkanes) is 7. The first-order chi connectivity index (χ1) is 10.1. The first kappa shape index (κ1) is 17.3. The summed E-state index contributed by atoms with van der Waals surface area (Å²) < 4.78 is 0. The zero-order valence-corrected chi connectivity index (χ0v) is 13.2. The van der Waals surface area contributed by atoms with Crippen LogP contribution in [0.4, 0.5) is 11.4 Å². The minimum absolute atomic E-state index is 0.115. The molecule has 0 heterocycles. The van der Waals surface area contributed by atoms with Crippen LogP contribution in [0.15, 0.2) is 18.2 Å². The lowest BCUT2D eigenvalue weighted by atomic mass is 10.1. The Morgan fingerprint density at radius 2 is 1.62 bits per heavy atom. The number of carbonyl (C=O) groups excluding carboxylic acids is 1. The SMILES string of the molecule is CCCCCCCCCCNC(=O)c1ccc(N)cc1N. The lowest BCUT2D eigenvalue weighted by Crippen LogP contribution is -2.25. The van der Waals surface area contributed by atoms with Crippen molar-refractivity contribution in [2.75, 3.05) is 18.0 Å². The minimum atomic E-state index is -0.115. The summed E-state index contributed by atoms with van der Waals surface area (Å²) in [5.41, 5.74) is 12.9. The Bertz CT molecular complexity index is 432. The van der Waals surface area contributed by atoms with Crippen LogP contribution in [0.1, 0.15) is 68.6 Å². The third kappa shape index (κ3) is 7.02. The van der Waals surface area contributed by atoms with E-state index in [2.05, 4.69) is 12.2 Å². The van der Waals surface area contributed by atoms with Crippen LogP contribution in [0.3, 0.4) is 0 Å². The van der Waals surface area contributed by atoms with Crippen molar-refractivity contribution in [1.82, 2.24) is 5.32 Å². The van der Waals surface area contributed by atoms with Crippen molar-refractivity contribution in [2.24, 2.45) is 0 Å². The number of nitrogen functional groups attached to an aromatic ring is 2. The molecule has 0 aliphatic rings. The second kappa shape index (κ2) is 10.1. The average molecular weight is 291 g/mol. The van der Waals surface area contributed by atoms with E-state index in [1.807, 2.05) is 0 Å². The second-order valence-corrected chi connectivity index (χ2v) is 5.58. The quantitative estimate of drug-likeness (QED) is 0.454. The van der Waals surface area contributed by atoms with Gasteiger partial charge in [-0.15, -0.1) is 0 Å². The van der Waals surface area contributed by atoms with Crippen molar-refractivity contribution >= 4 is 17.3 Å². The molecule has 0 saturated carbocycles. The first-order valence-corrected chi connectivity index (χ1v) is 8.08. The van der Waals surface area contributed by atoms with Crippen molar-refractivity contribution in [3.63, 3.8) is 0 Å². The van der Waals surface area contributed by atoms with Gasteiger partial charge in [-0.2, -0.15) is 0 Å². The van der Waals surface area contributed by atoms with Crippen molar-refractivity contribution in [2.45, 2.75) is 58.3 Å². The first-order valence-electron chi connectivity index (χ1n) is 8.08. The summed E-state index contributed by atoms with van der Waals surface area (Å²) in [6.07, 6.45) is 10.1. The number of nitrogens with two attached hydrogens (primary N) is 2. The summed E-state index contributed by atoms with van der Waals surface area (Å²) >= 11 is 0. The predicted octanol–water partition coefficient (Wildman–Crippen LogP) is 3.72. The van der Waals surface area contributed by atoms with Gasteiger partial charge < -0.3 is 16.8 Å². The number of rotatable bonds is 10. The highest BCUT2D eigenvalue weighted by atomic mass is 16.1. The third-order valence-corrected chi connectivity index (χ3v) is 3.64. The summed E-state index contributed by atoms with van der Waals surface area (Å²) in [5.74, 6) is -0.115. The fourth-order valence-electron chi connectivity index (χ4n) is 2.34. The molecule has 1 amide bonds. The third-order valence-electron chi connectivity index (χ3n) is 3.64. The average Bonchev–Trinajstić information content (AvgIpc) is 2.45. The molecule has 4 nitrogen and oxygen atoms in total. The maximum absolute atomic E-state index is 12.0. The summed E-state index contributed by atoms with van der Waals surface area (Å²) in [5, 5.41) is 2.91. The monoisotopic (exact) mass is 291 g/mol. The Balaban J connectivity index is 2.11. The number of amides is 1. The molecule has 21 heavy (non-hydrogen) atoms. The molecule has 0 saturated heterocycles. The molecule has 0 aliphatic heterocycles. The maximum Gasteiger partial charge on any atom is 0.253 e. The van der Waals surface area contributed by atoms with Crippen LogP contribution in [0.5, 0.6) is 0 Å². The fraction of sp³-hybridized carbons (Fsp3) is 0.588. The van der Waals surface area contributed by atoms with E-state index >= 15 is 0 Å². The molecule has 1 aromatic rings. The highest BCUT2D eigenvalue weighted by molar-refractivity contribution is 5.99. The largest absolute Gasteiger partial charge is 0.399 e. The van der Waals surface area contributed by atoms with Crippen LogP contribution in [-0.4, -0.2) is 12.5 Å². The van der Waals surface area contributed by atoms with Crippen LogP contribution in [-0.2, 0) is 0 Å². The van der Waals surface area contributed by atoms with Crippen LogP contribution >= 0.6 is 0 Å². The van der Waals surface area contributed by atoms with Gasteiger partial charge in [-0.05, 0) is 24.6 Å². The van der Waals surface area contributed by atoms with E-state index in [0.717, 1.165) is 6.42 Å². The van der Waals surface area contributed by atoms with Crippen LogP contribution in [0.2, 0.25) is 0 Å². The van der Waals surface area contributed by atoms with E-state index in [1.165, 1.54) is 44.9 Å². The van der Waals surface area contributed by atoms with E-state index in [-0.39, 0.29) is 5.91 Å². The van der Waals surface area contributed by atoms with E-state index in [4.69, 9.17) is 11.5 Å². The Morgan fingerprint density at radius 3 is 2.24 bits per heavy atom. The summed E-state index contributed by atoms with van der Waals surface area (Å²) in [6, 6.07) is 4.99. The van der Waals surface area contributed by atoms with Crippen molar-refractivity contribution in [1.29, 1.82) is 0 Å². The molecule has 0 unspecified atom stereocenters. The van der Waals surface area contributed by atoms with Gasteiger partial charge in [0.15, 0.2) is 0 Å². The zero-order valence-electron chi connectivity index (χ0n) is 13.2. The predicted molar refractivity (Wildman–Crippen MR) is 90.2 cm³/mol. The fourth-order valence-corrected chi connectivity index (χ4v) is 2.34. The molecule has 1 rings (SSSR count). The van der Waals surface area contributed by atoms with Crippen LogP contribution in [0.25, 0.3) is 0 Å². The topological polar surface area (TPSA) is 81.1 Å². The van der Waals surface area contributed by atoms with Crippen molar-refractivity contribution in [3.8, 4) is 0 Å². The van der Waals surface area contributed by atoms with Crippen molar-refractivity contribution in [3.05, 3.63) is 23.8 Å². The van der Waals surface area contributed by atoms with E-state index in [9.17, 15) is 4.79 Å². The van der Waals surface area contributed by atoms with Gasteiger partial charge in [0.2, 0.25) is 0 Å². The number of benzene rings is 1. The summed E-state index contributed by atoms with van der Waals surface area (Å²) in [6.45, 7) is 2.94. The maximum atomic E-state index is 12.0. The normalized spacial score (nSPS) is 10.5. The van der Waals surface area contributed by atoms with Gasteiger partial charge in [0.05, 0.1) is 5.56 Å². The molecule has 0 radical (unpaired) electrons. The van der Waals surface area contributed by atoms with Gasteiger partial charge in [0.25, 0.3) is 5.91 Å². The molecule has 0 aromatic heterocycles. The number of hydrogen-bond acceptors (Lipinski definition) is 3. The lowest BCUT2D eigenvalue weighted by Gasteiger charge is -2.08. The van der Waals surface area contributed by atoms with Gasteiger partial charge in [-0.3, -0.25) is 4.79 Å². The number of nitrogens with one attached hydrogen (secondary N) is 1. The molecule has 0 atom stereocenters. The van der Waals surface area contributed by atoms with E-state index in [1.54, 1.807) is 18.2 Å². The van der Waals surface area contributed by atoms with Crippen LogP contribution in [0, 0.1) is 0 Å². The van der Waals surface area contributed by atoms with Crippen LogP contribution < -0.4 is 16.8 Å². The van der Waals surface area contributed by atoms with Crippen molar-refractivity contribution < 1.29 is 4.79 Å². The Morgan fingerprint density at radius 1 is 1.00 bits per heavy atom. The van der Waals surface area contributed by atoms with E-state index < -0.39 is 0 Å². The lowest BCUT2D eigenvalue weighted by molar-refractivity contribution is 0.0954. The summed E-state index contributed by atoms with van der Waals surface area (Å²) in [4.78, 5) is 12.0. The Hall–Kier alpha value is -1.71. The highest BCUT2D eigenvalue weighted by Crippen LogP contribution is 2.15. The molecule has 0 bridgehead atoms. The Labute approximate surface area is 128 Å². The molecule has 0 spiro atoms. The van der Waals surface area contributed by atoms with Gasteiger partial charge in [-0.1, -0.05) is 51.9 Å². The van der Waals surface area contributed by atoms with Gasteiger partial charge >= 0.3 is 0 Å². The number of hydrogen-bond donors (Lipinski definition) is 3. The molecule has 4 heteroatoms. The molecule has 0 aliphatic carbocycles. The van der Waals surface area contributed by atoms with Gasteiger partial charge in [0.1, 0.15) is 0 Å². The highest BCUT2D eigenvalue weighted by Gasteiger charge is 2.08. The smallest absolute Gasteiger partial charge is 0.253 e. The zero-order chi connectivity index (χ0) is 15.5. The van der Waals surface area contributed by atoms with E-state index in [0.29, 0.717) is 23.5 Å². The molecule has 0 fully saturated rings. The molecule has 118 valence electrons. The molecule has 5 N–H and O–H groups in total.